The van der Waals surface area contributed by atoms with Gasteiger partial charge in [-0.1, -0.05) is 23.7 Å². The molecule has 38 heavy (non-hydrogen) atoms. The summed E-state index contributed by atoms with van der Waals surface area (Å²) in [5.74, 6) is -12.7. The molecule has 0 bridgehead atoms. The fraction of sp³-hybridized carbons (Fsp3) is 0.0833. The molecular weight excluding hydrogens is 605 g/mol. The van der Waals surface area contributed by atoms with Gasteiger partial charge in [-0.25, -0.2) is 22.0 Å². The third kappa shape index (κ3) is 4.98. The van der Waals surface area contributed by atoms with E-state index >= 15 is 0 Å². The number of rotatable bonds is 6. The predicted molar refractivity (Wildman–Crippen MR) is 131 cm³/mol. The van der Waals surface area contributed by atoms with Crippen LogP contribution in [0.2, 0.25) is 5.02 Å². The molecule has 0 N–H and O–H groups in total. The first-order valence-corrected chi connectivity index (χ1v) is 11.6. The Morgan fingerprint density at radius 3 is 2.32 bits per heavy atom. The summed E-state index contributed by atoms with van der Waals surface area (Å²) in [4.78, 5) is 23.9. The van der Waals surface area contributed by atoms with Crippen molar-refractivity contribution in [2.24, 2.45) is 5.10 Å². The van der Waals surface area contributed by atoms with Crippen LogP contribution in [0.4, 0.5) is 33.3 Å². The van der Waals surface area contributed by atoms with Crippen molar-refractivity contribution in [2.75, 3.05) is 5.01 Å². The van der Waals surface area contributed by atoms with E-state index in [1.165, 1.54) is 13.0 Å². The second-order valence-electron chi connectivity index (χ2n) is 7.81. The largest absolute Gasteiger partial charge is 0.481 e. The van der Waals surface area contributed by atoms with Crippen LogP contribution in [-0.4, -0.2) is 16.5 Å². The van der Waals surface area contributed by atoms with Gasteiger partial charge >= 0.3 is 5.69 Å². The van der Waals surface area contributed by atoms with Crippen LogP contribution < -0.4 is 9.75 Å². The molecule has 0 aromatic heterocycles. The molecule has 1 amide bonds. The standard InChI is InChI=1S/C24H12BrClF5N3O4/c1-10-14(24(35)33(32-10)22-20(30)18(28)17(27)19(29)21(22)31)6-12-7-15(25)23(16(8-12)34(36)37)38-9-11-3-2-4-13(26)5-11/h2-8H,9H2,1H3/b14-6-. The highest BCUT2D eigenvalue weighted by Gasteiger charge is 2.37. The number of nitrogens with zero attached hydrogens (tertiary/aromatic N) is 3. The van der Waals surface area contributed by atoms with E-state index in [1.807, 2.05) is 0 Å². The monoisotopic (exact) mass is 615 g/mol. The molecule has 14 heteroatoms. The third-order valence-electron chi connectivity index (χ3n) is 5.29. The summed E-state index contributed by atoms with van der Waals surface area (Å²) in [7, 11) is 0. The van der Waals surface area contributed by atoms with Crippen LogP contribution in [0.3, 0.4) is 0 Å². The number of hydrogen-bond donors (Lipinski definition) is 0. The van der Waals surface area contributed by atoms with Crippen LogP contribution >= 0.6 is 27.5 Å². The Kier molecular flexibility index (Phi) is 7.51. The van der Waals surface area contributed by atoms with Crippen molar-refractivity contribution < 1.29 is 36.4 Å². The number of benzene rings is 3. The quantitative estimate of drug-likeness (QED) is 0.0739. The third-order valence-corrected chi connectivity index (χ3v) is 6.11. The number of nitro groups is 1. The molecule has 0 fully saturated rings. The van der Waals surface area contributed by atoms with Crippen LogP contribution in [-0.2, 0) is 11.4 Å². The molecule has 1 aliphatic rings. The molecule has 7 nitrogen and oxygen atoms in total. The van der Waals surface area contributed by atoms with Crippen molar-refractivity contribution in [1.82, 2.24) is 0 Å². The van der Waals surface area contributed by atoms with Crippen LogP contribution in [0.1, 0.15) is 18.1 Å². The van der Waals surface area contributed by atoms with E-state index in [9.17, 15) is 36.9 Å². The molecule has 0 saturated carbocycles. The summed E-state index contributed by atoms with van der Waals surface area (Å²) in [5.41, 5.74) is -1.75. The number of ether oxygens (including phenoxy) is 1. The number of carbonyl (C=O) groups excluding carboxylic acids is 1. The minimum absolute atomic E-state index is 0.0450. The summed E-state index contributed by atoms with van der Waals surface area (Å²) in [6.07, 6.45) is 1.12. The van der Waals surface area contributed by atoms with Crippen LogP contribution in [0.15, 0.2) is 51.5 Å². The first-order chi connectivity index (χ1) is 17.9. The van der Waals surface area contributed by atoms with Crippen LogP contribution in [0.25, 0.3) is 6.08 Å². The van der Waals surface area contributed by atoms with Crippen molar-refractivity contribution >= 4 is 56.6 Å². The summed E-state index contributed by atoms with van der Waals surface area (Å²) in [5, 5.41) is 15.9. The lowest BCUT2D eigenvalue weighted by Gasteiger charge is -2.15. The van der Waals surface area contributed by atoms with Gasteiger partial charge in [0.2, 0.25) is 11.6 Å². The molecule has 0 spiro atoms. The highest BCUT2D eigenvalue weighted by atomic mass is 79.9. The second-order valence-corrected chi connectivity index (χ2v) is 9.10. The molecule has 0 saturated heterocycles. The van der Waals surface area contributed by atoms with Gasteiger partial charge in [0, 0.05) is 11.1 Å². The predicted octanol–water partition coefficient (Wildman–Crippen LogP) is 7.09. The number of hydrogen-bond acceptors (Lipinski definition) is 5. The lowest BCUT2D eigenvalue weighted by atomic mass is 10.1. The zero-order valence-corrected chi connectivity index (χ0v) is 21.2. The second kappa shape index (κ2) is 10.5. The average Bonchev–Trinajstić information content (AvgIpc) is 3.13. The van der Waals surface area contributed by atoms with E-state index in [2.05, 4.69) is 21.0 Å². The van der Waals surface area contributed by atoms with Gasteiger partial charge in [-0.2, -0.15) is 10.1 Å². The minimum atomic E-state index is -2.39. The van der Waals surface area contributed by atoms with Crippen molar-refractivity contribution in [3.05, 3.63) is 102 Å². The van der Waals surface area contributed by atoms with Crippen molar-refractivity contribution in [3.8, 4) is 5.75 Å². The first-order valence-electron chi connectivity index (χ1n) is 10.4. The topological polar surface area (TPSA) is 85.0 Å². The maximum Gasteiger partial charge on any atom is 0.312 e. The molecular formula is C24H12BrClF5N3O4. The highest BCUT2D eigenvalue weighted by molar-refractivity contribution is 9.10. The van der Waals surface area contributed by atoms with E-state index in [0.29, 0.717) is 10.6 Å². The summed E-state index contributed by atoms with van der Waals surface area (Å²) in [6, 6.07) is 9.09. The van der Waals surface area contributed by atoms with Gasteiger partial charge in [-0.05, 0) is 58.3 Å². The molecule has 1 heterocycles. The molecule has 4 rings (SSSR count). The number of anilines is 1. The van der Waals surface area contributed by atoms with E-state index in [4.69, 9.17) is 16.3 Å². The van der Waals surface area contributed by atoms with Gasteiger partial charge in [0.1, 0.15) is 12.3 Å². The van der Waals surface area contributed by atoms with Crippen LogP contribution in [0.5, 0.6) is 5.75 Å². The minimum Gasteiger partial charge on any atom is -0.481 e. The molecule has 0 unspecified atom stereocenters. The number of halogens is 7. The fourth-order valence-corrected chi connectivity index (χ4v) is 4.32. The Morgan fingerprint density at radius 1 is 1.08 bits per heavy atom. The highest BCUT2D eigenvalue weighted by Crippen LogP contribution is 2.39. The number of carbonyl (C=O) groups is 1. The summed E-state index contributed by atoms with van der Waals surface area (Å²) >= 11 is 9.13. The van der Waals surface area contributed by atoms with Gasteiger partial charge in [-0.15, -0.1) is 0 Å². The van der Waals surface area contributed by atoms with Gasteiger partial charge in [0.15, 0.2) is 23.3 Å². The molecule has 1 aliphatic heterocycles. The maximum absolute atomic E-state index is 14.3. The molecule has 0 atom stereocenters. The van der Waals surface area contributed by atoms with E-state index in [1.54, 1.807) is 24.3 Å². The summed E-state index contributed by atoms with van der Waals surface area (Å²) in [6.45, 7) is 1.20. The van der Waals surface area contributed by atoms with Gasteiger partial charge in [-0.3, -0.25) is 14.9 Å². The Balaban J connectivity index is 1.70. The van der Waals surface area contributed by atoms with E-state index in [0.717, 1.165) is 12.1 Å². The Morgan fingerprint density at radius 2 is 1.71 bits per heavy atom. The van der Waals surface area contributed by atoms with E-state index in [-0.39, 0.29) is 38.7 Å². The lowest BCUT2D eigenvalue weighted by Crippen LogP contribution is -2.25. The van der Waals surface area contributed by atoms with Crippen LogP contribution in [0, 0.1) is 39.2 Å². The smallest absolute Gasteiger partial charge is 0.312 e. The zero-order chi connectivity index (χ0) is 27.9. The molecule has 3 aromatic rings. The van der Waals surface area contributed by atoms with Gasteiger partial charge < -0.3 is 4.74 Å². The number of amides is 1. The van der Waals surface area contributed by atoms with Gasteiger partial charge in [0.05, 0.1) is 20.7 Å². The number of hydrazone groups is 1. The Hall–Kier alpha value is -3.84. The fourth-order valence-electron chi connectivity index (χ4n) is 3.53. The summed E-state index contributed by atoms with van der Waals surface area (Å²) < 4.78 is 75.0. The molecule has 0 aliphatic carbocycles. The van der Waals surface area contributed by atoms with Crippen molar-refractivity contribution in [1.29, 1.82) is 0 Å². The SMILES string of the molecule is CC1=NN(c2c(F)c(F)c(F)c(F)c2F)C(=O)/C1=C\c1cc(Br)c(OCc2cccc(Cl)c2)c([N+](=O)[O-])c1. The lowest BCUT2D eigenvalue weighted by molar-refractivity contribution is -0.386. The molecule has 0 radical (unpaired) electrons. The normalized spacial score (nSPS) is 14.3. The average molecular weight is 617 g/mol. The van der Waals surface area contributed by atoms with E-state index < -0.39 is 51.3 Å². The van der Waals surface area contributed by atoms with Crippen molar-refractivity contribution in [3.63, 3.8) is 0 Å². The molecule has 3 aromatic carbocycles. The Bertz CT molecular complexity index is 1550. The molecule has 196 valence electrons. The Labute approximate surface area is 224 Å². The zero-order valence-electron chi connectivity index (χ0n) is 18.9. The number of nitro benzene ring substituents is 1. The van der Waals surface area contributed by atoms with Gasteiger partial charge in [0.25, 0.3) is 5.91 Å². The maximum atomic E-state index is 14.3. The van der Waals surface area contributed by atoms with Crippen molar-refractivity contribution in [2.45, 2.75) is 13.5 Å². The first kappa shape index (κ1) is 27.2.